The van der Waals surface area contributed by atoms with Crippen LogP contribution in [0.2, 0.25) is 0 Å². The number of aliphatic hydroxyl groups is 1. The van der Waals surface area contributed by atoms with E-state index < -0.39 is 30.0 Å². The molecule has 3 N–H and O–H groups in total. The summed E-state index contributed by atoms with van der Waals surface area (Å²) in [7, 11) is 0. The lowest BCUT2D eigenvalue weighted by molar-refractivity contribution is -0.142. The Morgan fingerprint density at radius 1 is 1.00 bits per heavy atom. The summed E-state index contributed by atoms with van der Waals surface area (Å²) in [6.07, 6.45) is -1.44. The summed E-state index contributed by atoms with van der Waals surface area (Å²) in [4.78, 5) is 35.0. The second kappa shape index (κ2) is 8.07. The fraction of sp³-hybridized carbons (Fsp3) is 0.167. The average molecular weight is 343 g/mol. The third-order valence-electron chi connectivity index (χ3n) is 3.39. The minimum atomic E-state index is -1.57. The number of nitrogens with one attached hydrogen (secondary N) is 1. The SMILES string of the molecule is CC(=O)Oc1ccccc1C(=O)NC(C(=O)O)C(O)c1ccccc1. The predicted octanol–water partition coefficient (Wildman–Crippen LogP) is 1.53. The van der Waals surface area contributed by atoms with Gasteiger partial charge in [-0.2, -0.15) is 0 Å². The highest BCUT2D eigenvalue weighted by molar-refractivity contribution is 5.99. The Bertz CT molecular complexity index is 774. The standard InChI is InChI=1S/C18H17NO6/c1-11(20)25-14-10-6-5-9-13(14)17(22)19-15(18(23)24)16(21)12-7-3-2-4-8-12/h2-10,15-16,21H,1H3,(H,19,22)(H,23,24). The molecular weight excluding hydrogens is 326 g/mol. The van der Waals surface area contributed by atoms with Crippen molar-refractivity contribution in [2.24, 2.45) is 0 Å². The zero-order chi connectivity index (χ0) is 18.4. The molecule has 2 atom stereocenters. The number of carbonyl (C=O) groups is 3. The van der Waals surface area contributed by atoms with E-state index in [9.17, 15) is 24.6 Å². The molecule has 0 aromatic heterocycles. The van der Waals surface area contributed by atoms with Gasteiger partial charge in [-0.05, 0) is 17.7 Å². The van der Waals surface area contributed by atoms with Crippen LogP contribution in [0, 0.1) is 0 Å². The molecule has 130 valence electrons. The number of para-hydroxylation sites is 1. The number of aliphatic hydroxyl groups excluding tert-OH is 1. The lowest BCUT2D eigenvalue weighted by Gasteiger charge is -2.21. The van der Waals surface area contributed by atoms with Crippen LogP contribution >= 0.6 is 0 Å². The first-order chi connectivity index (χ1) is 11.9. The second-order valence-electron chi connectivity index (χ2n) is 5.23. The van der Waals surface area contributed by atoms with Crippen molar-refractivity contribution in [3.8, 4) is 5.75 Å². The number of rotatable bonds is 6. The Balaban J connectivity index is 2.24. The molecule has 7 nitrogen and oxygen atoms in total. The molecule has 0 fully saturated rings. The third kappa shape index (κ3) is 4.65. The van der Waals surface area contributed by atoms with Crippen LogP contribution in [0.5, 0.6) is 5.75 Å². The molecule has 2 aromatic rings. The van der Waals surface area contributed by atoms with Gasteiger partial charge in [-0.3, -0.25) is 9.59 Å². The molecule has 0 heterocycles. The van der Waals surface area contributed by atoms with E-state index in [1.54, 1.807) is 42.5 Å². The van der Waals surface area contributed by atoms with E-state index in [2.05, 4.69) is 5.32 Å². The number of esters is 1. The van der Waals surface area contributed by atoms with Crippen LogP contribution in [-0.4, -0.2) is 34.1 Å². The summed E-state index contributed by atoms with van der Waals surface area (Å²) in [6, 6.07) is 12.5. The average Bonchev–Trinajstić information content (AvgIpc) is 2.59. The van der Waals surface area contributed by atoms with Crippen LogP contribution < -0.4 is 10.1 Å². The zero-order valence-electron chi connectivity index (χ0n) is 13.4. The summed E-state index contributed by atoms with van der Waals surface area (Å²) in [5.41, 5.74) is 0.340. The Hall–Kier alpha value is -3.19. The highest BCUT2D eigenvalue weighted by Crippen LogP contribution is 2.21. The predicted molar refractivity (Wildman–Crippen MR) is 88.0 cm³/mol. The molecule has 0 aliphatic carbocycles. The van der Waals surface area contributed by atoms with Crippen LogP contribution in [0.25, 0.3) is 0 Å². The number of hydrogen-bond acceptors (Lipinski definition) is 5. The highest BCUT2D eigenvalue weighted by atomic mass is 16.5. The second-order valence-corrected chi connectivity index (χ2v) is 5.23. The fourth-order valence-electron chi connectivity index (χ4n) is 2.24. The summed E-state index contributed by atoms with van der Waals surface area (Å²) < 4.78 is 4.94. The lowest BCUT2D eigenvalue weighted by Crippen LogP contribution is -2.45. The van der Waals surface area contributed by atoms with Gasteiger partial charge >= 0.3 is 11.9 Å². The Kier molecular flexibility index (Phi) is 5.86. The van der Waals surface area contributed by atoms with Crippen molar-refractivity contribution < 1.29 is 29.3 Å². The van der Waals surface area contributed by atoms with Crippen molar-refractivity contribution in [3.05, 3.63) is 65.7 Å². The van der Waals surface area contributed by atoms with Crippen molar-refractivity contribution >= 4 is 17.8 Å². The van der Waals surface area contributed by atoms with Gasteiger partial charge in [0, 0.05) is 6.92 Å². The first kappa shape index (κ1) is 18.2. The summed E-state index contributed by atoms with van der Waals surface area (Å²) >= 11 is 0. The van der Waals surface area contributed by atoms with Gasteiger partial charge in [0.05, 0.1) is 5.56 Å². The third-order valence-corrected chi connectivity index (χ3v) is 3.39. The summed E-state index contributed by atoms with van der Waals surface area (Å²) in [5.74, 6) is -2.78. The quantitative estimate of drug-likeness (QED) is 0.541. The molecule has 2 rings (SSSR count). The lowest BCUT2D eigenvalue weighted by atomic mass is 10.0. The molecule has 0 saturated heterocycles. The van der Waals surface area contributed by atoms with Gasteiger partial charge in [-0.15, -0.1) is 0 Å². The largest absolute Gasteiger partial charge is 0.480 e. The van der Waals surface area contributed by atoms with Crippen molar-refractivity contribution in [2.75, 3.05) is 0 Å². The first-order valence-electron chi connectivity index (χ1n) is 7.44. The number of hydrogen-bond donors (Lipinski definition) is 3. The van der Waals surface area contributed by atoms with E-state index >= 15 is 0 Å². The van der Waals surface area contributed by atoms with E-state index in [0.29, 0.717) is 5.56 Å². The smallest absolute Gasteiger partial charge is 0.329 e. The Morgan fingerprint density at radius 2 is 1.60 bits per heavy atom. The molecule has 0 saturated carbocycles. The molecule has 2 aromatic carbocycles. The minimum Gasteiger partial charge on any atom is -0.480 e. The van der Waals surface area contributed by atoms with Gasteiger partial charge in [0.15, 0.2) is 6.04 Å². The minimum absolute atomic E-state index is 0.00541. The van der Waals surface area contributed by atoms with E-state index in [-0.39, 0.29) is 11.3 Å². The molecule has 0 bridgehead atoms. The van der Waals surface area contributed by atoms with Crippen molar-refractivity contribution in [1.29, 1.82) is 0 Å². The molecule has 7 heteroatoms. The number of carboxylic acid groups (broad SMARTS) is 1. The number of carbonyl (C=O) groups excluding carboxylic acids is 2. The normalized spacial score (nSPS) is 12.7. The zero-order valence-corrected chi connectivity index (χ0v) is 13.4. The highest BCUT2D eigenvalue weighted by Gasteiger charge is 2.30. The Morgan fingerprint density at radius 3 is 2.20 bits per heavy atom. The van der Waals surface area contributed by atoms with Crippen LogP contribution in [-0.2, 0) is 9.59 Å². The molecular formula is C18H17NO6. The summed E-state index contributed by atoms with van der Waals surface area (Å²) in [6.45, 7) is 1.19. The molecule has 0 aliphatic rings. The number of ether oxygens (including phenoxy) is 1. The number of amides is 1. The van der Waals surface area contributed by atoms with E-state index in [1.165, 1.54) is 19.1 Å². The van der Waals surface area contributed by atoms with Crippen molar-refractivity contribution in [1.82, 2.24) is 5.32 Å². The van der Waals surface area contributed by atoms with E-state index in [4.69, 9.17) is 4.74 Å². The molecule has 0 aliphatic heterocycles. The maximum atomic E-state index is 12.4. The van der Waals surface area contributed by atoms with E-state index in [0.717, 1.165) is 0 Å². The van der Waals surface area contributed by atoms with Gasteiger partial charge in [0.1, 0.15) is 11.9 Å². The van der Waals surface area contributed by atoms with Gasteiger partial charge in [-0.1, -0.05) is 42.5 Å². The van der Waals surface area contributed by atoms with Gasteiger partial charge in [-0.25, -0.2) is 4.79 Å². The van der Waals surface area contributed by atoms with Crippen LogP contribution in [0.4, 0.5) is 0 Å². The molecule has 1 amide bonds. The van der Waals surface area contributed by atoms with Crippen LogP contribution in [0.3, 0.4) is 0 Å². The van der Waals surface area contributed by atoms with Gasteiger partial charge in [0.2, 0.25) is 0 Å². The number of carboxylic acids is 1. The molecule has 0 radical (unpaired) electrons. The maximum absolute atomic E-state index is 12.4. The number of benzene rings is 2. The molecule has 2 unspecified atom stereocenters. The van der Waals surface area contributed by atoms with Gasteiger partial charge in [0.25, 0.3) is 5.91 Å². The Labute approximate surface area is 143 Å². The molecule has 25 heavy (non-hydrogen) atoms. The fourth-order valence-corrected chi connectivity index (χ4v) is 2.24. The van der Waals surface area contributed by atoms with Crippen molar-refractivity contribution in [3.63, 3.8) is 0 Å². The first-order valence-corrected chi connectivity index (χ1v) is 7.44. The van der Waals surface area contributed by atoms with Crippen molar-refractivity contribution in [2.45, 2.75) is 19.1 Å². The van der Waals surface area contributed by atoms with Crippen LogP contribution in [0.15, 0.2) is 54.6 Å². The van der Waals surface area contributed by atoms with Gasteiger partial charge < -0.3 is 20.3 Å². The molecule has 0 spiro atoms. The van der Waals surface area contributed by atoms with Crippen LogP contribution in [0.1, 0.15) is 28.9 Å². The van der Waals surface area contributed by atoms with E-state index in [1.807, 2.05) is 0 Å². The topological polar surface area (TPSA) is 113 Å². The number of aliphatic carboxylic acids is 1. The summed E-state index contributed by atoms with van der Waals surface area (Å²) in [5, 5.41) is 21.9. The monoisotopic (exact) mass is 343 g/mol. The maximum Gasteiger partial charge on any atom is 0.329 e.